The lowest BCUT2D eigenvalue weighted by Gasteiger charge is -2.72. The van der Waals surface area contributed by atoms with Gasteiger partial charge in [-0.15, -0.1) is 0 Å². The Labute approximate surface area is 442 Å². The van der Waals surface area contributed by atoms with Gasteiger partial charge in [-0.05, 0) is 111 Å². The second-order valence-corrected chi connectivity index (χ2v) is 25.7. The van der Waals surface area contributed by atoms with Crippen LogP contribution in [0.2, 0.25) is 0 Å². The highest BCUT2D eigenvalue weighted by atomic mass is 16.8. The van der Waals surface area contributed by atoms with E-state index >= 15 is 0 Å². The molecule has 4 saturated carbocycles. The predicted molar refractivity (Wildman–Crippen MR) is 259 cm³/mol. The third-order valence-electron chi connectivity index (χ3n) is 21.5. The van der Waals surface area contributed by atoms with Crippen molar-refractivity contribution in [3.05, 3.63) is 11.6 Å². The largest absolute Gasteiger partial charge is 0.481 e. The quantitative estimate of drug-likeness (QED) is 0.0753. The number of hydrogen-bond acceptors (Lipinski definition) is 22. The van der Waals surface area contributed by atoms with Crippen LogP contribution in [0, 0.1) is 50.2 Å². The highest BCUT2D eigenvalue weighted by Crippen LogP contribution is 2.76. The molecule has 1 unspecified atom stereocenters. The maximum Gasteiger partial charge on any atom is 0.309 e. The molecule has 4 heterocycles. The molecule has 14 N–H and O–H groups in total. The molecule has 76 heavy (non-hydrogen) atoms. The van der Waals surface area contributed by atoms with E-state index in [-0.39, 0.29) is 35.2 Å². The Balaban J connectivity index is 0.975. The number of carboxylic acids is 1. The molecule has 9 aliphatic rings. The second kappa shape index (κ2) is 21.3. The van der Waals surface area contributed by atoms with Gasteiger partial charge in [-0.25, -0.2) is 0 Å². The van der Waals surface area contributed by atoms with Crippen LogP contribution in [0.15, 0.2) is 11.6 Å². The van der Waals surface area contributed by atoms with Gasteiger partial charge < -0.3 is 109 Å². The average molecular weight is 1090 g/mol. The van der Waals surface area contributed by atoms with E-state index in [0.29, 0.717) is 38.5 Å². The molecule has 23 heteroatoms. The molecule has 9 rings (SSSR count). The molecule has 0 aromatic heterocycles. The Morgan fingerprint density at radius 2 is 1.21 bits per heavy atom. The third-order valence-corrected chi connectivity index (χ3v) is 21.5. The van der Waals surface area contributed by atoms with Gasteiger partial charge in [-0.1, -0.05) is 46.3 Å². The van der Waals surface area contributed by atoms with Gasteiger partial charge in [-0.2, -0.15) is 0 Å². The lowest BCUT2D eigenvalue weighted by atomic mass is 9.33. The van der Waals surface area contributed by atoms with E-state index in [0.717, 1.165) is 24.8 Å². The fourth-order valence-electron chi connectivity index (χ4n) is 16.4. The Morgan fingerprint density at radius 3 is 1.83 bits per heavy atom. The van der Waals surface area contributed by atoms with Crippen LogP contribution in [0.1, 0.15) is 106 Å². The smallest absolute Gasteiger partial charge is 0.309 e. The molecule has 0 aromatic carbocycles. The minimum absolute atomic E-state index is 0.0560. The lowest BCUT2D eigenvalue weighted by Crippen LogP contribution is -2.68. The van der Waals surface area contributed by atoms with Crippen molar-refractivity contribution in [2.45, 2.75) is 235 Å². The van der Waals surface area contributed by atoms with Crippen LogP contribution < -0.4 is 0 Å². The minimum atomic E-state index is -1.91. The van der Waals surface area contributed by atoms with Gasteiger partial charge in [0.2, 0.25) is 0 Å². The Morgan fingerprint density at radius 1 is 0.618 bits per heavy atom. The molecule has 0 bridgehead atoms. The molecular formula is C53H86O23. The highest BCUT2D eigenvalue weighted by molar-refractivity contribution is 5.74. The van der Waals surface area contributed by atoms with Crippen molar-refractivity contribution in [1.29, 1.82) is 0 Å². The number of aliphatic hydroxyl groups is 13. The van der Waals surface area contributed by atoms with Gasteiger partial charge in [0, 0.05) is 5.41 Å². The Kier molecular flexibility index (Phi) is 16.5. The number of allylic oxidation sites excluding steroid dienone is 2. The molecule has 4 aliphatic heterocycles. The van der Waals surface area contributed by atoms with Gasteiger partial charge >= 0.3 is 5.97 Å². The zero-order chi connectivity index (χ0) is 55.6. The first-order chi connectivity index (χ1) is 35.6. The highest BCUT2D eigenvalue weighted by Gasteiger charge is 2.71. The van der Waals surface area contributed by atoms with Gasteiger partial charge in [0.05, 0.1) is 50.2 Å². The number of fused-ring (bicyclic) bond motifs is 7. The molecule has 5 aliphatic carbocycles. The first-order valence-corrected chi connectivity index (χ1v) is 27.4. The molecule has 8 fully saturated rings. The van der Waals surface area contributed by atoms with Crippen molar-refractivity contribution in [3.63, 3.8) is 0 Å². The topological polar surface area (TPSA) is 374 Å². The summed E-state index contributed by atoms with van der Waals surface area (Å²) in [4.78, 5) is 12.7. The predicted octanol–water partition coefficient (Wildman–Crippen LogP) is -1.86. The van der Waals surface area contributed by atoms with Crippen LogP contribution in [-0.2, 0) is 42.7 Å². The monoisotopic (exact) mass is 1090 g/mol. The molecule has 0 aromatic rings. The summed E-state index contributed by atoms with van der Waals surface area (Å²) in [5, 5.41) is 152. The molecule has 0 amide bonds. The second-order valence-electron chi connectivity index (χ2n) is 25.7. The van der Waals surface area contributed by atoms with Crippen LogP contribution in [0.4, 0.5) is 0 Å². The summed E-state index contributed by atoms with van der Waals surface area (Å²) in [5.74, 6) is -0.984. The summed E-state index contributed by atoms with van der Waals surface area (Å²) in [6.45, 7) is 12.1. The lowest BCUT2D eigenvalue weighted by molar-refractivity contribution is -0.394. The number of hydrogen-bond donors (Lipinski definition) is 14. The number of aliphatic hydroxyl groups excluding tert-OH is 13. The van der Waals surface area contributed by atoms with Crippen molar-refractivity contribution < 1.29 is 114 Å². The SMILES string of the molecule is C[C@@H]1O[C@H](O[C@H]2[C@H](O[C@H]3CO[C@@H](O[C@H]4CC[C@@]5(C)C(CC[C@]6(C)[C@@H]5CC=C5[C@@H]7C[C@@](C)(C(=O)O)CC[C@]7(CO)[C@H](O)C[C@]56C)C4(C)C)[C@H](O[C@@H]4O[C@H](CO)[C@@H](O)[C@H](O)[C@H]4O)[C@H]3O)O[C@H](CO)[C@@H](O)[C@@H]2O)[C@H](O)[C@H](O)[C@H]1O. The van der Waals surface area contributed by atoms with Crippen LogP contribution >= 0.6 is 0 Å². The maximum atomic E-state index is 12.7. The number of aliphatic carboxylic acids is 1. The summed E-state index contributed by atoms with van der Waals surface area (Å²) >= 11 is 0. The summed E-state index contributed by atoms with van der Waals surface area (Å²) in [7, 11) is 0. The fourth-order valence-corrected chi connectivity index (χ4v) is 16.4. The van der Waals surface area contributed by atoms with Crippen LogP contribution in [-0.4, -0.2) is 233 Å². The maximum absolute atomic E-state index is 12.7. The number of ether oxygens (including phenoxy) is 8. The van der Waals surface area contributed by atoms with Crippen molar-refractivity contribution in [2.75, 3.05) is 26.4 Å². The molecule has 23 nitrogen and oxygen atoms in total. The zero-order valence-electron chi connectivity index (χ0n) is 44.6. The van der Waals surface area contributed by atoms with E-state index in [2.05, 4.69) is 40.7 Å². The van der Waals surface area contributed by atoms with Crippen molar-refractivity contribution in [3.8, 4) is 0 Å². The van der Waals surface area contributed by atoms with Gasteiger partial charge in [0.15, 0.2) is 25.2 Å². The normalized spacial score (nSPS) is 55.3. The Hall–Kier alpha value is -1.63. The van der Waals surface area contributed by atoms with Gasteiger partial charge in [0.25, 0.3) is 0 Å². The summed E-state index contributed by atoms with van der Waals surface area (Å²) in [6.07, 6.45) is -25.5. The van der Waals surface area contributed by atoms with Crippen molar-refractivity contribution >= 4 is 5.97 Å². The standard InChI is InChI=1S/C53H86O23/c1-22-32(58)36(62)39(65)43(70-22)76-42-38(64)34(60)26(19-55)72-46(42)73-27-20-69-45(41(35(27)61)75-44-40(66)37(63)33(59)25(18-54)71-44)74-31-11-12-50(5)28(48(31,2)3)10-13-51(6)29(50)9-8-23-24-16-49(4,47(67)68)14-15-53(24,21-56)30(57)17-52(23,51)7/h8,22,24-46,54-66H,9-21H2,1-7H3,(H,67,68)/t22-,24-,25+,26+,27-,28?,29+,30+,31-,32-,33+,34+,35-,36+,37-,38-,39+,40+,41+,42+,43+,44-,45-,46-,49-,50-,51+,52+,53+/m0/s1. The van der Waals surface area contributed by atoms with Crippen LogP contribution in [0.3, 0.4) is 0 Å². The van der Waals surface area contributed by atoms with Gasteiger partial charge in [-0.3, -0.25) is 4.79 Å². The molecule has 4 saturated heterocycles. The number of carbonyl (C=O) groups is 1. The zero-order valence-corrected chi connectivity index (χ0v) is 44.6. The molecule has 0 spiro atoms. The van der Waals surface area contributed by atoms with Crippen molar-refractivity contribution in [2.24, 2.45) is 50.2 Å². The van der Waals surface area contributed by atoms with E-state index in [1.54, 1.807) is 6.92 Å². The Bertz CT molecular complexity index is 2100. The van der Waals surface area contributed by atoms with E-state index < -0.39 is 176 Å². The van der Waals surface area contributed by atoms with Crippen LogP contribution in [0.5, 0.6) is 0 Å². The van der Waals surface area contributed by atoms with E-state index in [1.807, 2.05) is 0 Å². The van der Waals surface area contributed by atoms with E-state index in [9.17, 15) is 76.3 Å². The summed E-state index contributed by atoms with van der Waals surface area (Å²) in [5.41, 5.74) is -2.33. The van der Waals surface area contributed by atoms with E-state index in [4.69, 9.17) is 37.9 Å². The third kappa shape index (κ3) is 9.27. The average Bonchev–Trinajstić information content (AvgIpc) is 3.56. The minimum Gasteiger partial charge on any atom is -0.481 e. The summed E-state index contributed by atoms with van der Waals surface area (Å²) in [6, 6.07) is 0. The van der Waals surface area contributed by atoms with Crippen LogP contribution in [0.25, 0.3) is 0 Å². The van der Waals surface area contributed by atoms with Gasteiger partial charge in [0.1, 0.15) is 85.5 Å². The fraction of sp³-hybridized carbons (Fsp3) is 0.943. The van der Waals surface area contributed by atoms with Crippen molar-refractivity contribution in [1.82, 2.24) is 0 Å². The van der Waals surface area contributed by atoms with E-state index in [1.165, 1.54) is 6.92 Å². The molecule has 436 valence electrons. The first-order valence-electron chi connectivity index (χ1n) is 27.4. The summed E-state index contributed by atoms with van der Waals surface area (Å²) < 4.78 is 48.9. The molecule has 0 radical (unpaired) electrons. The number of carboxylic acid groups (broad SMARTS) is 1. The number of rotatable bonds is 12. The molecular weight excluding hydrogens is 1000 g/mol. The first kappa shape index (κ1) is 59.0. The molecule has 29 atom stereocenters.